The molecule has 0 fully saturated rings. The van der Waals surface area contributed by atoms with Gasteiger partial charge < -0.3 is 9.26 Å². The van der Waals surface area contributed by atoms with E-state index in [2.05, 4.69) is 14.9 Å². The lowest BCUT2D eigenvalue weighted by atomic mass is 9.98. The summed E-state index contributed by atoms with van der Waals surface area (Å²) in [6, 6.07) is 2.76. The number of methoxy groups -OCH3 is 1. The average Bonchev–Trinajstić information content (AvgIpc) is 3.03. The molecule has 0 saturated heterocycles. The van der Waals surface area contributed by atoms with E-state index in [1.54, 1.807) is 19.1 Å². The van der Waals surface area contributed by atoms with Crippen molar-refractivity contribution in [1.82, 2.24) is 14.9 Å². The Balaban J connectivity index is 2.38. The number of ether oxygens (including phenoxy) is 1. The fraction of sp³-hybridized carbons (Fsp3) is 0.556. The van der Waals surface area contributed by atoms with E-state index < -0.39 is 16.1 Å². The lowest BCUT2D eigenvalue weighted by Crippen LogP contribution is -2.27. The average molecular weight is 381 g/mol. The Labute approximate surface area is 155 Å². The highest BCUT2D eigenvalue weighted by atomic mass is 32.2. The van der Waals surface area contributed by atoms with Gasteiger partial charge in [-0.15, -0.1) is 0 Å². The number of aryl methyl sites for hydroxylation is 1. The summed E-state index contributed by atoms with van der Waals surface area (Å²) in [5.74, 6) is 1.37. The number of hydrogen-bond acceptors (Lipinski definition) is 6. The van der Waals surface area contributed by atoms with Crippen LogP contribution in [0.5, 0.6) is 5.75 Å². The van der Waals surface area contributed by atoms with Crippen molar-refractivity contribution < 1.29 is 17.7 Å². The third-order valence-corrected chi connectivity index (χ3v) is 5.70. The minimum Gasteiger partial charge on any atom is -0.495 e. The summed E-state index contributed by atoms with van der Waals surface area (Å²) in [4.78, 5) is 4.36. The first kappa shape index (κ1) is 20.4. The van der Waals surface area contributed by atoms with Crippen LogP contribution in [-0.2, 0) is 10.0 Å². The Hall–Kier alpha value is -1.93. The Bertz CT molecular complexity index is 873. The fourth-order valence-corrected chi connectivity index (χ4v) is 4.06. The molecule has 0 amide bonds. The molecule has 2 aromatic rings. The number of aromatic nitrogens is 2. The highest BCUT2D eigenvalue weighted by Crippen LogP contribution is 2.31. The summed E-state index contributed by atoms with van der Waals surface area (Å²) in [7, 11) is -2.38. The first-order chi connectivity index (χ1) is 12.1. The summed E-state index contributed by atoms with van der Waals surface area (Å²) in [6.45, 7) is 11.5. The third kappa shape index (κ3) is 4.24. The van der Waals surface area contributed by atoms with Crippen LogP contribution >= 0.6 is 0 Å². The highest BCUT2D eigenvalue weighted by molar-refractivity contribution is 7.89. The zero-order valence-corrected chi connectivity index (χ0v) is 17.1. The quantitative estimate of drug-likeness (QED) is 0.786. The normalized spacial score (nSPS) is 13.4. The van der Waals surface area contributed by atoms with E-state index in [-0.39, 0.29) is 22.6 Å². The Morgan fingerprint density at radius 3 is 2.27 bits per heavy atom. The maximum atomic E-state index is 12.9. The van der Waals surface area contributed by atoms with Gasteiger partial charge in [0.05, 0.1) is 13.2 Å². The van der Waals surface area contributed by atoms with E-state index in [4.69, 9.17) is 9.26 Å². The molecule has 0 aliphatic heterocycles. The van der Waals surface area contributed by atoms with E-state index in [1.165, 1.54) is 7.11 Å². The van der Waals surface area contributed by atoms with Gasteiger partial charge in [0.15, 0.2) is 5.82 Å². The van der Waals surface area contributed by atoms with Crippen molar-refractivity contribution >= 4 is 10.0 Å². The molecule has 26 heavy (non-hydrogen) atoms. The predicted molar refractivity (Wildman–Crippen MR) is 98.9 cm³/mol. The van der Waals surface area contributed by atoms with Crippen molar-refractivity contribution in [3.63, 3.8) is 0 Å². The molecule has 0 aliphatic rings. The summed E-state index contributed by atoms with van der Waals surface area (Å²) in [5, 5.41) is 3.88. The second kappa shape index (κ2) is 7.75. The molecule has 1 aromatic carbocycles. The zero-order chi connectivity index (χ0) is 19.6. The molecule has 1 unspecified atom stereocenters. The monoisotopic (exact) mass is 381 g/mol. The van der Waals surface area contributed by atoms with Gasteiger partial charge in [-0.05, 0) is 43.0 Å². The summed E-state index contributed by atoms with van der Waals surface area (Å²) < 4.78 is 39.0. The van der Waals surface area contributed by atoms with Gasteiger partial charge in [-0.25, -0.2) is 8.42 Å². The van der Waals surface area contributed by atoms with E-state index in [0.29, 0.717) is 11.6 Å². The largest absolute Gasteiger partial charge is 0.495 e. The minimum atomic E-state index is -3.84. The summed E-state index contributed by atoms with van der Waals surface area (Å²) in [6.07, 6.45) is 0. The highest BCUT2D eigenvalue weighted by Gasteiger charge is 2.27. The number of nitrogens with one attached hydrogen (secondary N) is 1. The molecule has 0 saturated carbocycles. The molecule has 1 heterocycles. The van der Waals surface area contributed by atoms with Gasteiger partial charge in [0, 0.05) is 5.92 Å². The van der Waals surface area contributed by atoms with Gasteiger partial charge in [-0.1, -0.05) is 32.9 Å². The Morgan fingerprint density at radius 2 is 1.77 bits per heavy atom. The second-order valence-electron chi connectivity index (χ2n) is 7.00. The first-order valence-electron chi connectivity index (χ1n) is 8.61. The van der Waals surface area contributed by atoms with Crippen LogP contribution in [0.1, 0.15) is 75.3 Å². The Morgan fingerprint density at radius 1 is 1.12 bits per heavy atom. The zero-order valence-electron chi connectivity index (χ0n) is 16.3. The number of sulfonamides is 1. The van der Waals surface area contributed by atoms with Gasteiger partial charge in [-0.3, -0.25) is 0 Å². The number of nitrogens with zero attached hydrogens (tertiary/aromatic N) is 2. The van der Waals surface area contributed by atoms with Gasteiger partial charge >= 0.3 is 0 Å². The lowest BCUT2D eigenvalue weighted by molar-refractivity contribution is 0.348. The van der Waals surface area contributed by atoms with E-state index in [0.717, 1.165) is 11.1 Å². The van der Waals surface area contributed by atoms with Crippen LogP contribution < -0.4 is 9.46 Å². The topological polar surface area (TPSA) is 94.3 Å². The third-order valence-electron chi connectivity index (χ3n) is 4.14. The van der Waals surface area contributed by atoms with Gasteiger partial charge in [0.25, 0.3) is 0 Å². The van der Waals surface area contributed by atoms with E-state index in [1.807, 2.05) is 34.6 Å². The minimum absolute atomic E-state index is 0.0992. The molecular weight excluding hydrogens is 354 g/mol. The molecule has 8 heteroatoms. The van der Waals surface area contributed by atoms with Crippen molar-refractivity contribution in [3.8, 4) is 5.75 Å². The van der Waals surface area contributed by atoms with Crippen LogP contribution in [0.4, 0.5) is 0 Å². The number of hydrogen-bond donors (Lipinski definition) is 1. The standard InChI is InChI=1S/C18H27N3O4S/c1-10(2)14-9-16(15(24-7)8-12(14)5)26(22,23)21-13(6)18-19-17(11(3)4)20-25-18/h8-11,13,21H,1-7H3. The summed E-state index contributed by atoms with van der Waals surface area (Å²) in [5.41, 5.74) is 1.95. The van der Waals surface area contributed by atoms with Crippen LogP contribution in [0.2, 0.25) is 0 Å². The number of rotatable bonds is 7. The second-order valence-corrected chi connectivity index (χ2v) is 8.69. The molecule has 7 nitrogen and oxygen atoms in total. The lowest BCUT2D eigenvalue weighted by Gasteiger charge is -2.17. The molecular formula is C18H27N3O4S. The van der Waals surface area contributed by atoms with Crippen molar-refractivity contribution in [3.05, 3.63) is 35.0 Å². The van der Waals surface area contributed by atoms with Crippen LogP contribution in [0.25, 0.3) is 0 Å². The molecule has 2 rings (SSSR count). The molecule has 144 valence electrons. The molecule has 0 aliphatic carbocycles. The summed E-state index contributed by atoms with van der Waals surface area (Å²) >= 11 is 0. The maximum Gasteiger partial charge on any atom is 0.244 e. The van der Waals surface area contributed by atoms with Crippen molar-refractivity contribution in [2.75, 3.05) is 7.11 Å². The molecule has 0 spiro atoms. The van der Waals surface area contributed by atoms with E-state index >= 15 is 0 Å². The molecule has 1 N–H and O–H groups in total. The van der Waals surface area contributed by atoms with E-state index in [9.17, 15) is 8.42 Å². The van der Waals surface area contributed by atoms with Gasteiger partial charge in [-0.2, -0.15) is 9.71 Å². The molecule has 1 atom stereocenters. The fourth-order valence-electron chi connectivity index (χ4n) is 2.67. The number of benzene rings is 1. The van der Waals surface area contributed by atoms with Crippen molar-refractivity contribution in [2.45, 2.75) is 64.3 Å². The SMILES string of the molecule is COc1cc(C)c(C(C)C)cc1S(=O)(=O)NC(C)c1nc(C(C)C)no1. The van der Waals surface area contributed by atoms with Crippen molar-refractivity contribution in [1.29, 1.82) is 0 Å². The molecule has 1 aromatic heterocycles. The van der Waals surface area contributed by atoms with Gasteiger partial charge in [0.1, 0.15) is 10.6 Å². The van der Waals surface area contributed by atoms with Crippen LogP contribution in [0.3, 0.4) is 0 Å². The smallest absolute Gasteiger partial charge is 0.244 e. The Kier molecular flexibility index (Phi) is 6.08. The first-order valence-corrected chi connectivity index (χ1v) is 10.1. The van der Waals surface area contributed by atoms with Crippen molar-refractivity contribution in [2.24, 2.45) is 0 Å². The van der Waals surface area contributed by atoms with Crippen LogP contribution in [-0.4, -0.2) is 25.7 Å². The van der Waals surface area contributed by atoms with Crippen LogP contribution in [0.15, 0.2) is 21.6 Å². The molecule has 0 bridgehead atoms. The maximum absolute atomic E-state index is 12.9. The predicted octanol–water partition coefficient (Wildman–Crippen LogP) is 3.67. The molecule has 0 radical (unpaired) electrons. The van der Waals surface area contributed by atoms with Crippen LogP contribution in [0, 0.1) is 6.92 Å². The van der Waals surface area contributed by atoms with Gasteiger partial charge in [0.2, 0.25) is 15.9 Å².